The topological polar surface area (TPSA) is 73.3 Å². The molecular formula is C13H18BrN3O. The number of anilines is 1. The zero-order valence-electron chi connectivity index (χ0n) is 10.2. The molecule has 0 aliphatic heterocycles. The number of aliphatic hydroxyl groups is 1. The van der Waals surface area contributed by atoms with Gasteiger partial charge in [0.1, 0.15) is 5.84 Å². The van der Waals surface area contributed by atoms with Gasteiger partial charge in [-0.2, -0.15) is 0 Å². The van der Waals surface area contributed by atoms with Crippen LogP contribution < -0.4 is 10.6 Å². The molecule has 1 aromatic rings. The summed E-state index contributed by atoms with van der Waals surface area (Å²) < 4.78 is 0.963. The lowest BCUT2D eigenvalue weighted by Gasteiger charge is -2.40. The number of rotatable bonds is 5. The summed E-state index contributed by atoms with van der Waals surface area (Å²) in [7, 11) is 0. The van der Waals surface area contributed by atoms with Gasteiger partial charge < -0.3 is 15.7 Å². The van der Waals surface area contributed by atoms with Gasteiger partial charge in [-0.3, -0.25) is 5.41 Å². The molecule has 0 amide bonds. The smallest absolute Gasteiger partial charge is 0.124 e. The average Bonchev–Trinajstić information content (AvgIpc) is 2.25. The van der Waals surface area contributed by atoms with Crippen LogP contribution in [-0.4, -0.2) is 30.1 Å². The van der Waals surface area contributed by atoms with Crippen molar-refractivity contribution in [2.45, 2.75) is 25.3 Å². The largest absolute Gasteiger partial charge is 0.395 e. The number of nitrogen functional groups attached to an aromatic ring is 1. The maximum absolute atomic E-state index is 9.23. The van der Waals surface area contributed by atoms with Crippen LogP contribution in [0.1, 0.15) is 24.8 Å². The molecule has 0 aromatic heterocycles. The number of nitrogens with one attached hydrogen (secondary N) is 1. The van der Waals surface area contributed by atoms with Gasteiger partial charge in [0.05, 0.1) is 6.61 Å². The van der Waals surface area contributed by atoms with Gasteiger partial charge in [0.15, 0.2) is 0 Å². The summed E-state index contributed by atoms with van der Waals surface area (Å²) in [5.41, 5.74) is 7.31. The van der Waals surface area contributed by atoms with Crippen molar-refractivity contribution in [2.75, 3.05) is 18.1 Å². The second kappa shape index (κ2) is 5.71. The first-order valence-corrected chi connectivity index (χ1v) is 6.94. The number of benzene rings is 1. The van der Waals surface area contributed by atoms with Gasteiger partial charge in [-0.05, 0) is 37.5 Å². The average molecular weight is 312 g/mol. The van der Waals surface area contributed by atoms with Gasteiger partial charge in [-0.15, -0.1) is 0 Å². The van der Waals surface area contributed by atoms with Crippen molar-refractivity contribution in [3.8, 4) is 0 Å². The van der Waals surface area contributed by atoms with E-state index in [0.717, 1.165) is 28.6 Å². The first-order valence-electron chi connectivity index (χ1n) is 6.15. The van der Waals surface area contributed by atoms with E-state index in [2.05, 4.69) is 20.8 Å². The fourth-order valence-corrected chi connectivity index (χ4v) is 2.63. The Balaban J connectivity index is 2.37. The molecule has 2 rings (SSSR count). The van der Waals surface area contributed by atoms with E-state index in [1.54, 1.807) is 0 Å². The fraction of sp³-hybridized carbons (Fsp3) is 0.462. The zero-order valence-corrected chi connectivity index (χ0v) is 11.8. The Morgan fingerprint density at radius 1 is 1.50 bits per heavy atom. The Labute approximate surface area is 115 Å². The lowest BCUT2D eigenvalue weighted by atomic mass is 9.90. The van der Waals surface area contributed by atoms with Crippen molar-refractivity contribution >= 4 is 27.5 Å². The lowest BCUT2D eigenvalue weighted by Crippen LogP contribution is -2.43. The van der Waals surface area contributed by atoms with Gasteiger partial charge in [0, 0.05) is 28.3 Å². The number of halogens is 1. The van der Waals surface area contributed by atoms with Crippen LogP contribution in [0.4, 0.5) is 5.69 Å². The van der Waals surface area contributed by atoms with E-state index in [9.17, 15) is 5.11 Å². The summed E-state index contributed by atoms with van der Waals surface area (Å²) in [4.78, 5) is 2.17. The summed E-state index contributed by atoms with van der Waals surface area (Å²) in [5.74, 6) is 0.0692. The molecule has 4 N–H and O–H groups in total. The SMILES string of the molecule is N=C(N)c1ccc(Br)cc1N(CCO)C1CCC1. The van der Waals surface area contributed by atoms with Crippen molar-refractivity contribution in [1.82, 2.24) is 0 Å². The molecule has 98 valence electrons. The number of hydrogen-bond donors (Lipinski definition) is 3. The molecule has 0 bridgehead atoms. The van der Waals surface area contributed by atoms with E-state index < -0.39 is 0 Å². The summed E-state index contributed by atoms with van der Waals surface area (Å²) in [6.45, 7) is 0.696. The van der Waals surface area contributed by atoms with Gasteiger partial charge in [0.2, 0.25) is 0 Å². The number of hydrogen-bond acceptors (Lipinski definition) is 3. The van der Waals surface area contributed by atoms with E-state index in [-0.39, 0.29) is 12.4 Å². The molecule has 1 aliphatic rings. The highest BCUT2D eigenvalue weighted by atomic mass is 79.9. The number of aliphatic hydroxyl groups excluding tert-OH is 1. The fourth-order valence-electron chi connectivity index (χ4n) is 2.28. The molecule has 1 aromatic carbocycles. The third kappa shape index (κ3) is 2.67. The lowest BCUT2D eigenvalue weighted by molar-refractivity contribution is 0.283. The standard InChI is InChI=1S/C13H18BrN3O/c14-9-4-5-11(13(15)16)12(8-9)17(6-7-18)10-2-1-3-10/h4-5,8,10,18H,1-3,6-7H2,(H3,15,16). The van der Waals surface area contributed by atoms with Crippen LogP contribution in [-0.2, 0) is 0 Å². The van der Waals surface area contributed by atoms with Gasteiger partial charge in [-0.25, -0.2) is 0 Å². The van der Waals surface area contributed by atoms with E-state index in [0.29, 0.717) is 12.6 Å². The molecule has 4 nitrogen and oxygen atoms in total. The number of nitrogens with zero attached hydrogens (tertiary/aromatic N) is 1. The van der Waals surface area contributed by atoms with Crippen LogP contribution in [0.3, 0.4) is 0 Å². The van der Waals surface area contributed by atoms with Crippen molar-refractivity contribution in [1.29, 1.82) is 5.41 Å². The van der Waals surface area contributed by atoms with Crippen LogP contribution in [0.2, 0.25) is 0 Å². The second-order valence-electron chi connectivity index (χ2n) is 4.58. The molecule has 0 unspecified atom stereocenters. The molecule has 18 heavy (non-hydrogen) atoms. The maximum atomic E-state index is 9.23. The van der Waals surface area contributed by atoms with E-state index in [1.807, 2.05) is 18.2 Å². The van der Waals surface area contributed by atoms with Crippen LogP contribution >= 0.6 is 15.9 Å². The first kappa shape index (κ1) is 13.4. The third-order valence-corrected chi connectivity index (χ3v) is 3.91. The monoisotopic (exact) mass is 311 g/mol. The second-order valence-corrected chi connectivity index (χ2v) is 5.49. The normalized spacial score (nSPS) is 15.2. The summed E-state index contributed by atoms with van der Waals surface area (Å²) in [6.07, 6.45) is 3.52. The van der Waals surface area contributed by atoms with E-state index in [1.165, 1.54) is 6.42 Å². The zero-order chi connectivity index (χ0) is 13.1. The first-order chi connectivity index (χ1) is 8.63. The molecular weight excluding hydrogens is 294 g/mol. The highest BCUT2D eigenvalue weighted by Gasteiger charge is 2.26. The maximum Gasteiger partial charge on any atom is 0.124 e. The minimum atomic E-state index is 0.0692. The summed E-state index contributed by atoms with van der Waals surface area (Å²) in [5, 5.41) is 16.9. The highest BCUT2D eigenvalue weighted by molar-refractivity contribution is 9.10. The highest BCUT2D eigenvalue weighted by Crippen LogP contribution is 2.33. The van der Waals surface area contributed by atoms with Crippen LogP contribution in [0, 0.1) is 5.41 Å². The molecule has 0 spiro atoms. The quantitative estimate of drug-likeness (QED) is 0.576. The Hall–Kier alpha value is -1.07. The Bertz CT molecular complexity index is 446. The summed E-state index contributed by atoms with van der Waals surface area (Å²) in [6, 6.07) is 6.18. The predicted octanol–water partition coefficient (Wildman–Crippen LogP) is 2.08. The molecule has 0 heterocycles. The Morgan fingerprint density at radius 3 is 2.72 bits per heavy atom. The van der Waals surface area contributed by atoms with Crippen molar-refractivity contribution in [2.24, 2.45) is 5.73 Å². The molecule has 1 aliphatic carbocycles. The Kier molecular flexibility index (Phi) is 4.24. The molecule has 0 atom stereocenters. The number of nitrogens with two attached hydrogens (primary N) is 1. The molecule has 0 radical (unpaired) electrons. The predicted molar refractivity (Wildman–Crippen MR) is 77.2 cm³/mol. The van der Waals surface area contributed by atoms with Gasteiger partial charge in [-0.1, -0.05) is 15.9 Å². The van der Waals surface area contributed by atoms with E-state index in [4.69, 9.17) is 11.1 Å². The summed E-state index contributed by atoms with van der Waals surface area (Å²) >= 11 is 3.45. The molecule has 1 fully saturated rings. The minimum Gasteiger partial charge on any atom is -0.395 e. The van der Waals surface area contributed by atoms with Crippen molar-refractivity contribution in [3.05, 3.63) is 28.2 Å². The van der Waals surface area contributed by atoms with Crippen LogP contribution in [0.25, 0.3) is 0 Å². The van der Waals surface area contributed by atoms with Gasteiger partial charge >= 0.3 is 0 Å². The van der Waals surface area contributed by atoms with Crippen LogP contribution in [0.15, 0.2) is 22.7 Å². The van der Waals surface area contributed by atoms with Crippen LogP contribution in [0.5, 0.6) is 0 Å². The third-order valence-electron chi connectivity index (χ3n) is 3.42. The van der Waals surface area contributed by atoms with E-state index >= 15 is 0 Å². The molecule has 1 saturated carbocycles. The minimum absolute atomic E-state index is 0.0692. The van der Waals surface area contributed by atoms with Crippen molar-refractivity contribution in [3.63, 3.8) is 0 Å². The van der Waals surface area contributed by atoms with Crippen molar-refractivity contribution < 1.29 is 5.11 Å². The Morgan fingerprint density at radius 2 is 2.22 bits per heavy atom. The van der Waals surface area contributed by atoms with Gasteiger partial charge in [0.25, 0.3) is 0 Å². The molecule has 0 saturated heterocycles. The number of amidine groups is 1. The molecule has 5 heteroatoms.